The fraction of sp³-hybridized carbons (Fsp3) is 0.429. The SMILES string of the molecule is CN(C)c1ccc(N)cc1C(=O)NC1CCCNC1=O. The third-order valence-corrected chi connectivity index (χ3v) is 3.34. The van der Waals surface area contributed by atoms with Crippen LogP contribution in [0.4, 0.5) is 11.4 Å². The van der Waals surface area contributed by atoms with Gasteiger partial charge in [0.1, 0.15) is 6.04 Å². The fourth-order valence-electron chi connectivity index (χ4n) is 2.27. The van der Waals surface area contributed by atoms with Gasteiger partial charge in [-0.25, -0.2) is 0 Å². The monoisotopic (exact) mass is 276 g/mol. The summed E-state index contributed by atoms with van der Waals surface area (Å²) in [6.45, 7) is 0.673. The summed E-state index contributed by atoms with van der Waals surface area (Å²) in [6.07, 6.45) is 1.53. The number of carbonyl (C=O) groups is 2. The molecule has 0 bridgehead atoms. The van der Waals surface area contributed by atoms with Crippen LogP contribution in [0.5, 0.6) is 0 Å². The van der Waals surface area contributed by atoms with Gasteiger partial charge in [0.15, 0.2) is 0 Å². The minimum absolute atomic E-state index is 0.125. The number of piperidine rings is 1. The zero-order valence-corrected chi connectivity index (χ0v) is 11.8. The zero-order chi connectivity index (χ0) is 14.7. The van der Waals surface area contributed by atoms with E-state index in [-0.39, 0.29) is 11.8 Å². The number of hydrogen-bond donors (Lipinski definition) is 3. The Kier molecular flexibility index (Phi) is 4.12. The van der Waals surface area contributed by atoms with Crippen molar-refractivity contribution in [3.63, 3.8) is 0 Å². The average Bonchev–Trinajstić information content (AvgIpc) is 2.40. The van der Waals surface area contributed by atoms with E-state index >= 15 is 0 Å². The maximum Gasteiger partial charge on any atom is 0.254 e. The van der Waals surface area contributed by atoms with E-state index in [9.17, 15) is 9.59 Å². The molecule has 2 amide bonds. The molecule has 1 saturated heterocycles. The molecule has 1 heterocycles. The maximum absolute atomic E-state index is 12.4. The van der Waals surface area contributed by atoms with E-state index in [0.29, 0.717) is 24.2 Å². The number of nitrogen functional groups attached to an aromatic ring is 1. The first-order valence-electron chi connectivity index (χ1n) is 6.64. The number of anilines is 2. The highest BCUT2D eigenvalue weighted by molar-refractivity contribution is 6.02. The number of hydrogen-bond acceptors (Lipinski definition) is 4. The van der Waals surface area contributed by atoms with Gasteiger partial charge >= 0.3 is 0 Å². The van der Waals surface area contributed by atoms with Gasteiger partial charge < -0.3 is 21.3 Å². The Hall–Kier alpha value is -2.24. The highest BCUT2D eigenvalue weighted by Crippen LogP contribution is 2.21. The molecule has 6 heteroatoms. The number of nitrogens with two attached hydrogens (primary N) is 1. The lowest BCUT2D eigenvalue weighted by molar-refractivity contribution is -0.124. The normalized spacial score (nSPS) is 18.3. The molecule has 108 valence electrons. The number of rotatable bonds is 3. The topological polar surface area (TPSA) is 87.5 Å². The van der Waals surface area contributed by atoms with Gasteiger partial charge in [0, 0.05) is 32.0 Å². The summed E-state index contributed by atoms with van der Waals surface area (Å²) in [5.41, 5.74) is 7.52. The molecule has 1 aliphatic rings. The molecule has 0 spiro atoms. The van der Waals surface area contributed by atoms with E-state index in [1.54, 1.807) is 18.2 Å². The summed E-state index contributed by atoms with van der Waals surface area (Å²) < 4.78 is 0. The fourth-order valence-corrected chi connectivity index (χ4v) is 2.27. The van der Waals surface area contributed by atoms with E-state index < -0.39 is 6.04 Å². The molecule has 0 aromatic heterocycles. The van der Waals surface area contributed by atoms with Gasteiger partial charge in [-0.3, -0.25) is 9.59 Å². The van der Waals surface area contributed by atoms with Gasteiger partial charge in [-0.15, -0.1) is 0 Å². The zero-order valence-electron chi connectivity index (χ0n) is 11.8. The highest BCUT2D eigenvalue weighted by Gasteiger charge is 2.25. The maximum atomic E-state index is 12.4. The van der Waals surface area contributed by atoms with Gasteiger partial charge in [-0.1, -0.05) is 0 Å². The summed E-state index contributed by atoms with van der Waals surface area (Å²) in [5, 5.41) is 5.52. The molecular formula is C14H20N4O2. The van der Waals surface area contributed by atoms with Crippen LogP contribution in [0.15, 0.2) is 18.2 Å². The molecule has 2 rings (SSSR count). The molecule has 1 atom stereocenters. The van der Waals surface area contributed by atoms with Crippen molar-refractivity contribution in [1.82, 2.24) is 10.6 Å². The Morgan fingerprint density at radius 1 is 1.45 bits per heavy atom. The number of nitrogens with one attached hydrogen (secondary N) is 2. The number of benzene rings is 1. The van der Waals surface area contributed by atoms with Crippen LogP contribution in [-0.4, -0.2) is 38.5 Å². The molecule has 0 saturated carbocycles. The molecule has 20 heavy (non-hydrogen) atoms. The van der Waals surface area contributed by atoms with E-state index in [0.717, 1.165) is 12.1 Å². The van der Waals surface area contributed by atoms with Crippen LogP contribution < -0.4 is 21.3 Å². The summed E-state index contributed by atoms with van der Waals surface area (Å²) in [6, 6.07) is 4.71. The molecule has 4 N–H and O–H groups in total. The minimum Gasteiger partial charge on any atom is -0.399 e. The number of nitrogens with zero attached hydrogens (tertiary/aromatic N) is 1. The van der Waals surface area contributed by atoms with Crippen molar-refractivity contribution in [3.05, 3.63) is 23.8 Å². The number of amides is 2. The molecule has 1 unspecified atom stereocenters. The van der Waals surface area contributed by atoms with Crippen LogP contribution in [0.1, 0.15) is 23.2 Å². The first kappa shape index (κ1) is 14.2. The molecular weight excluding hydrogens is 256 g/mol. The third-order valence-electron chi connectivity index (χ3n) is 3.34. The Labute approximate surface area is 118 Å². The quantitative estimate of drug-likeness (QED) is 0.695. The Balaban J connectivity index is 2.20. The van der Waals surface area contributed by atoms with E-state index in [1.165, 1.54) is 0 Å². The van der Waals surface area contributed by atoms with E-state index in [1.807, 2.05) is 19.0 Å². The van der Waals surface area contributed by atoms with Crippen molar-refractivity contribution in [2.75, 3.05) is 31.3 Å². The molecule has 1 aromatic rings. The van der Waals surface area contributed by atoms with Crippen molar-refractivity contribution in [3.8, 4) is 0 Å². The lowest BCUT2D eigenvalue weighted by Crippen LogP contribution is -2.50. The standard InChI is InChI=1S/C14H20N4O2/c1-18(2)12-6-5-9(15)8-10(12)13(19)17-11-4-3-7-16-14(11)20/h5-6,8,11H,3-4,7,15H2,1-2H3,(H,16,20)(H,17,19). The molecule has 0 aliphatic carbocycles. The van der Waals surface area contributed by atoms with Crippen LogP contribution in [-0.2, 0) is 4.79 Å². The van der Waals surface area contributed by atoms with Crippen LogP contribution in [0.2, 0.25) is 0 Å². The van der Waals surface area contributed by atoms with Gasteiger partial charge in [-0.05, 0) is 31.0 Å². The second-order valence-corrected chi connectivity index (χ2v) is 5.13. The second-order valence-electron chi connectivity index (χ2n) is 5.13. The molecule has 1 aliphatic heterocycles. The number of carbonyl (C=O) groups excluding carboxylic acids is 2. The highest BCUT2D eigenvalue weighted by atomic mass is 16.2. The molecule has 1 fully saturated rings. The summed E-state index contributed by atoms with van der Waals surface area (Å²) >= 11 is 0. The predicted molar refractivity (Wildman–Crippen MR) is 78.7 cm³/mol. The molecule has 0 radical (unpaired) electrons. The largest absolute Gasteiger partial charge is 0.399 e. The summed E-state index contributed by atoms with van der Waals surface area (Å²) in [4.78, 5) is 25.9. The molecule has 1 aromatic carbocycles. The Morgan fingerprint density at radius 2 is 2.20 bits per heavy atom. The predicted octanol–water partition coefficient (Wildman–Crippen LogP) is 0.343. The van der Waals surface area contributed by atoms with Crippen LogP contribution in [0.3, 0.4) is 0 Å². The summed E-state index contributed by atoms with van der Waals surface area (Å²) in [5.74, 6) is -0.400. The van der Waals surface area contributed by atoms with Gasteiger partial charge in [0.25, 0.3) is 5.91 Å². The Bertz CT molecular complexity index is 528. The van der Waals surface area contributed by atoms with Crippen LogP contribution in [0.25, 0.3) is 0 Å². The smallest absolute Gasteiger partial charge is 0.254 e. The molecule has 6 nitrogen and oxygen atoms in total. The minimum atomic E-state index is -0.465. The average molecular weight is 276 g/mol. The van der Waals surface area contributed by atoms with Crippen molar-refractivity contribution >= 4 is 23.2 Å². The van der Waals surface area contributed by atoms with Crippen molar-refractivity contribution < 1.29 is 9.59 Å². The first-order valence-corrected chi connectivity index (χ1v) is 6.64. The lowest BCUT2D eigenvalue weighted by Gasteiger charge is -2.24. The third kappa shape index (κ3) is 3.01. The van der Waals surface area contributed by atoms with Gasteiger partial charge in [-0.2, -0.15) is 0 Å². The van der Waals surface area contributed by atoms with Crippen molar-refractivity contribution in [2.24, 2.45) is 0 Å². The lowest BCUT2D eigenvalue weighted by atomic mass is 10.1. The first-order chi connectivity index (χ1) is 9.49. The van der Waals surface area contributed by atoms with Crippen LogP contribution >= 0.6 is 0 Å². The van der Waals surface area contributed by atoms with Gasteiger partial charge in [0.2, 0.25) is 5.91 Å². The second kappa shape index (κ2) is 5.81. The summed E-state index contributed by atoms with van der Waals surface area (Å²) in [7, 11) is 3.71. The van der Waals surface area contributed by atoms with Crippen molar-refractivity contribution in [2.45, 2.75) is 18.9 Å². The van der Waals surface area contributed by atoms with Gasteiger partial charge in [0.05, 0.1) is 5.56 Å². The Morgan fingerprint density at radius 3 is 2.85 bits per heavy atom. The van der Waals surface area contributed by atoms with Crippen molar-refractivity contribution in [1.29, 1.82) is 0 Å². The van der Waals surface area contributed by atoms with Crippen LogP contribution in [0, 0.1) is 0 Å². The van der Waals surface area contributed by atoms with E-state index in [2.05, 4.69) is 10.6 Å². The van der Waals surface area contributed by atoms with E-state index in [4.69, 9.17) is 5.73 Å².